The summed E-state index contributed by atoms with van der Waals surface area (Å²) in [4.78, 5) is 14.7. The average Bonchev–Trinajstić information content (AvgIpc) is 3.09. The zero-order valence-corrected chi connectivity index (χ0v) is 13.7. The predicted molar refractivity (Wildman–Crippen MR) is 90.5 cm³/mol. The summed E-state index contributed by atoms with van der Waals surface area (Å²) >= 11 is 3.46. The molecule has 1 aliphatic heterocycles. The lowest BCUT2D eigenvalue weighted by atomic mass is 10.1. The molecule has 110 valence electrons. The first-order valence-electron chi connectivity index (χ1n) is 7.23. The van der Waals surface area contributed by atoms with Crippen molar-refractivity contribution in [3.05, 3.63) is 63.8 Å². The number of aryl methyl sites for hydroxylation is 1. The maximum atomic E-state index is 12.9. The van der Waals surface area contributed by atoms with E-state index in [1.165, 1.54) is 5.56 Å². The van der Waals surface area contributed by atoms with Crippen molar-refractivity contribution in [3.8, 4) is 0 Å². The summed E-state index contributed by atoms with van der Waals surface area (Å²) in [5, 5.41) is 0.977. The molecule has 0 spiro atoms. The number of nitrogens with zero attached hydrogens (tertiary/aromatic N) is 1. The summed E-state index contributed by atoms with van der Waals surface area (Å²) in [5.41, 5.74) is 3.85. The van der Waals surface area contributed by atoms with Crippen molar-refractivity contribution in [1.29, 1.82) is 0 Å². The average molecular weight is 356 g/mol. The topological polar surface area (TPSA) is 33.5 Å². The molecule has 0 aliphatic carbocycles. The normalized spacial score (nSPS) is 13.6. The smallest absolute Gasteiger partial charge is 0.294 e. The number of rotatable bonds is 1. The Morgan fingerprint density at radius 2 is 2.05 bits per heavy atom. The number of benzene rings is 2. The Hall–Kier alpha value is -2.07. The number of para-hydroxylation sites is 1. The van der Waals surface area contributed by atoms with E-state index < -0.39 is 0 Å². The van der Waals surface area contributed by atoms with Crippen LogP contribution in [0.4, 0.5) is 5.69 Å². The Kier molecular flexibility index (Phi) is 3.08. The first kappa shape index (κ1) is 13.6. The maximum Gasteiger partial charge on any atom is 0.294 e. The van der Waals surface area contributed by atoms with Crippen LogP contribution in [0.5, 0.6) is 0 Å². The lowest BCUT2D eigenvalue weighted by molar-refractivity contribution is 0.0964. The summed E-state index contributed by atoms with van der Waals surface area (Å²) in [6, 6.07) is 13.8. The van der Waals surface area contributed by atoms with Gasteiger partial charge in [0.1, 0.15) is 5.58 Å². The van der Waals surface area contributed by atoms with Crippen molar-refractivity contribution in [2.24, 2.45) is 0 Å². The minimum atomic E-state index is -0.0604. The van der Waals surface area contributed by atoms with Gasteiger partial charge in [0.15, 0.2) is 5.76 Å². The van der Waals surface area contributed by atoms with Gasteiger partial charge in [-0.3, -0.25) is 4.79 Å². The van der Waals surface area contributed by atoms with Gasteiger partial charge in [0.05, 0.1) is 0 Å². The number of anilines is 1. The first-order chi connectivity index (χ1) is 10.6. The van der Waals surface area contributed by atoms with E-state index in [4.69, 9.17) is 4.42 Å². The third kappa shape index (κ3) is 1.98. The molecule has 0 saturated heterocycles. The molecule has 0 N–H and O–H groups in total. The van der Waals surface area contributed by atoms with Crippen molar-refractivity contribution in [2.45, 2.75) is 13.3 Å². The van der Waals surface area contributed by atoms with Crippen molar-refractivity contribution >= 4 is 38.5 Å². The van der Waals surface area contributed by atoms with Crippen LogP contribution in [0.25, 0.3) is 11.0 Å². The molecule has 0 fully saturated rings. The van der Waals surface area contributed by atoms with Gasteiger partial charge in [-0.25, -0.2) is 0 Å². The molecule has 22 heavy (non-hydrogen) atoms. The molecule has 0 bridgehead atoms. The van der Waals surface area contributed by atoms with Gasteiger partial charge in [-0.05, 0) is 43.2 Å². The second kappa shape index (κ2) is 4.99. The van der Waals surface area contributed by atoms with Gasteiger partial charge < -0.3 is 9.32 Å². The van der Waals surface area contributed by atoms with Gasteiger partial charge in [-0.15, -0.1) is 0 Å². The lowest BCUT2D eigenvalue weighted by Gasteiger charge is -2.16. The zero-order chi connectivity index (χ0) is 15.3. The van der Waals surface area contributed by atoms with Crippen molar-refractivity contribution in [1.82, 2.24) is 0 Å². The molecule has 0 atom stereocenters. The molecular formula is C18H14BrNO2. The summed E-state index contributed by atoms with van der Waals surface area (Å²) in [7, 11) is 0. The number of hydrogen-bond acceptors (Lipinski definition) is 2. The molecule has 4 rings (SSSR count). The minimum Gasteiger partial charge on any atom is -0.451 e. The highest BCUT2D eigenvalue weighted by atomic mass is 79.9. The molecule has 4 heteroatoms. The summed E-state index contributed by atoms with van der Waals surface area (Å²) in [6.45, 7) is 2.64. The third-order valence-electron chi connectivity index (χ3n) is 4.22. The van der Waals surface area contributed by atoms with Crippen LogP contribution in [0.1, 0.15) is 21.7 Å². The molecule has 1 amide bonds. The van der Waals surface area contributed by atoms with Crippen molar-refractivity contribution in [3.63, 3.8) is 0 Å². The number of fused-ring (bicyclic) bond motifs is 2. The van der Waals surface area contributed by atoms with E-state index in [0.717, 1.165) is 33.1 Å². The van der Waals surface area contributed by atoms with Crippen LogP contribution in [-0.4, -0.2) is 12.5 Å². The van der Waals surface area contributed by atoms with Crippen molar-refractivity contribution < 1.29 is 9.21 Å². The quantitative estimate of drug-likeness (QED) is 0.633. The zero-order valence-electron chi connectivity index (χ0n) is 12.1. The molecule has 0 radical (unpaired) electrons. The molecular weight excluding hydrogens is 342 g/mol. The minimum absolute atomic E-state index is 0.0604. The van der Waals surface area contributed by atoms with Crippen LogP contribution in [0, 0.1) is 6.92 Å². The van der Waals surface area contributed by atoms with Gasteiger partial charge in [0.2, 0.25) is 0 Å². The van der Waals surface area contributed by atoms with E-state index in [1.54, 1.807) is 0 Å². The lowest BCUT2D eigenvalue weighted by Crippen LogP contribution is -2.29. The fourth-order valence-electron chi connectivity index (χ4n) is 3.07. The molecule has 1 aliphatic rings. The van der Waals surface area contributed by atoms with Crippen LogP contribution in [0.15, 0.2) is 51.4 Å². The highest BCUT2D eigenvalue weighted by molar-refractivity contribution is 9.10. The van der Waals surface area contributed by atoms with Crippen LogP contribution < -0.4 is 4.90 Å². The largest absolute Gasteiger partial charge is 0.451 e. The Labute approximate surface area is 136 Å². The van der Waals surface area contributed by atoms with Gasteiger partial charge in [-0.1, -0.05) is 34.1 Å². The SMILES string of the molecule is Cc1c(C(=O)N2CCc3ccccc32)oc2ccc(Br)cc12. The number of carbonyl (C=O) groups is 1. The Bertz CT molecular complexity index is 897. The second-order valence-corrected chi connectivity index (χ2v) is 6.45. The molecule has 1 aromatic heterocycles. The molecule has 2 heterocycles. The van der Waals surface area contributed by atoms with Crippen LogP contribution in [0.2, 0.25) is 0 Å². The van der Waals surface area contributed by atoms with Gasteiger partial charge in [0, 0.05) is 27.7 Å². The summed E-state index contributed by atoms with van der Waals surface area (Å²) < 4.78 is 6.81. The van der Waals surface area contributed by atoms with E-state index in [1.807, 2.05) is 48.2 Å². The van der Waals surface area contributed by atoms with Gasteiger partial charge in [0.25, 0.3) is 5.91 Å². The third-order valence-corrected chi connectivity index (χ3v) is 4.72. The maximum absolute atomic E-state index is 12.9. The number of amides is 1. The first-order valence-corrected chi connectivity index (χ1v) is 8.03. The number of furan rings is 1. The van der Waals surface area contributed by atoms with Gasteiger partial charge >= 0.3 is 0 Å². The second-order valence-electron chi connectivity index (χ2n) is 5.53. The molecule has 3 aromatic rings. The standard InChI is InChI=1S/C18H14BrNO2/c1-11-14-10-13(19)6-7-16(14)22-17(11)18(21)20-9-8-12-4-2-3-5-15(12)20/h2-7,10H,8-9H2,1H3. The van der Waals surface area contributed by atoms with Crippen molar-refractivity contribution in [2.75, 3.05) is 11.4 Å². The Balaban J connectivity index is 1.80. The number of hydrogen-bond donors (Lipinski definition) is 0. The monoisotopic (exact) mass is 355 g/mol. The highest BCUT2D eigenvalue weighted by Crippen LogP contribution is 2.33. The predicted octanol–water partition coefficient (Wildman–Crippen LogP) is 4.71. The number of carbonyl (C=O) groups excluding carboxylic acids is 1. The molecule has 2 aromatic carbocycles. The Morgan fingerprint density at radius 1 is 1.23 bits per heavy atom. The molecule has 3 nitrogen and oxygen atoms in total. The van der Waals surface area contributed by atoms with Gasteiger partial charge in [-0.2, -0.15) is 0 Å². The van der Waals surface area contributed by atoms with E-state index in [9.17, 15) is 4.79 Å². The highest BCUT2D eigenvalue weighted by Gasteiger charge is 2.29. The van der Waals surface area contributed by atoms with Crippen LogP contribution in [-0.2, 0) is 6.42 Å². The van der Waals surface area contributed by atoms with Crippen LogP contribution in [0.3, 0.4) is 0 Å². The van der Waals surface area contributed by atoms with E-state index in [-0.39, 0.29) is 5.91 Å². The number of halogens is 1. The van der Waals surface area contributed by atoms with E-state index in [2.05, 4.69) is 22.0 Å². The Morgan fingerprint density at radius 3 is 2.91 bits per heavy atom. The molecule has 0 saturated carbocycles. The van der Waals surface area contributed by atoms with E-state index in [0.29, 0.717) is 12.3 Å². The molecule has 0 unspecified atom stereocenters. The van der Waals surface area contributed by atoms with Crippen LogP contribution >= 0.6 is 15.9 Å². The summed E-state index contributed by atoms with van der Waals surface area (Å²) in [6.07, 6.45) is 0.896. The van der Waals surface area contributed by atoms with E-state index >= 15 is 0 Å². The fraction of sp³-hybridized carbons (Fsp3) is 0.167. The fourth-order valence-corrected chi connectivity index (χ4v) is 3.43. The summed E-state index contributed by atoms with van der Waals surface area (Å²) in [5.74, 6) is 0.375.